The maximum absolute atomic E-state index is 13.0. The molecule has 4 rings (SSSR count). The zero-order valence-corrected chi connectivity index (χ0v) is 20.8. The van der Waals surface area contributed by atoms with Crippen molar-refractivity contribution in [2.24, 2.45) is 0 Å². The number of aromatic nitrogens is 1. The van der Waals surface area contributed by atoms with Crippen molar-refractivity contribution in [1.29, 1.82) is 0 Å². The van der Waals surface area contributed by atoms with E-state index in [9.17, 15) is 21.6 Å². The Bertz CT molecular complexity index is 1410. The molecule has 0 spiro atoms. The molecule has 0 bridgehead atoms. The van der Waals surface area contributed by atoms with Crippen LogP contribution in [-0.2, 0) is 29.0 Å². The highest BCUT2D eigenvalue weighted by molar-refractivity contribution is 7.89. The van der Waals surface area contributed by atoms with Crippen LogP contribution in [0.2, 0.25) is 0 Å². The van der Waals surface area contributed by atoms with Gasteiger partial charge < -0.3 is 4.98 Å². The van der Waals surface area contributed by atoms with Gasteiger partial charge in [-0.25, -0.2) is 13.1 Å². The second-order valence-corrected chi connectivity index (χ2v) is 10.6. The van der Waals surface area contributed by atoms with Crippen LogP contribution >= 0.6 is 0 Å². The molecule has 0 unspecified atom stereocenters. The van der Waals surface area contributed by atoms with Gasteiger partial charge in [0.25, 0.3) is 0 Å². The minimum absolute atomic E-state index is 0.149. The van der Waals surface area contributed by atoms with E-state index in [-0.39, 0.29) is 11.4 Å². The molecule has 0 saturated heterocycles. The lowest BCUT2D eigenvalue weighted by Crippen LogP contribution is -2.26. The van der Waals surface area contributed by atoms with Gasteiger partial charge in [0.05, 0.1) is 10.5 Å². The molecule has 1 heterocycles. The van der Waals surface area contributed by atoms with E-state index < -0.39 is 21.8 Å². The smallest absolute Gasteiger partial charge is 0.354 e. The van der Waals surface area contributed by atoms with E-state index in [1.54, 1.807) is 12.1 Å². The second kappa shape index (κ2) is 10.9. The third kappa shape index (κ3) is 5.99. The molecule has 0 fully saturated rings. The molecule has 0 saturated carbocycles. The van der Waals surface area contributed by atoms with Crippen molar-refractivity contribution in [2.75, 3.05) is 6.54 Å². The number of hydrogen-bond donors (Lipinski definition) is 2. The Kier molecular flexibility index (Phi) is 7.85. The quantitative estimate of drug-likeness (QED) is 0.222. The lowest BCUT2D eigenvalue weighted by Gasteiger charge is -2.10. The van der Waals surface area contributed by atoms with E-state index in [0.29, 0.717) is 17.7 Å². The Morgan fingerprint density at radius 3 is 2.22 bits per heavy atom. The summed E-state index contributed by atoms with van der Waals surface area (Å²) < 4.78 is 67.4. The summed E-state index contributed by atoms with van der Waals surface area (Å²) in [6.45, 7) is 2.29. The lowest BCUT2D eigenvalue weighted by molar-refractivity contribution is -0.137. The fraction of sp³-hybridized carbons (Fsp3) is 0.286. The summed E-state index contributed by atoms with van der Waals surface area (Å²) in [4.78, 5) is 3.50. The van der Waals surface area contributed by atoms with E-state index in [4.69, 9.17) is 0 Å². The van der Waals surface area contributed by atoms with E-state index in [1.165, 1.54) is 12.1 Å². The second-order valence-electron chi connectivity index (χ2n) is 8.85. The Balaban J connectivity index is 1.51. The Labute approximate surface area is 209 Å². The number of sulfonamides is 1. The molecule has 0 aliphatic rings. The highest BCUT2D eigenvalue weighted by Crippen LogP contribution is 2.34. The number of halogens is 3. The zero-order chi connectivity index (χ0) is 25.8. The molecular weight excluding hydrogens is 485 g/mol. The molecule has 1 aromatic heterocycles. The Morgan fingerprint density at radius 2 is 1.56 bits per heavy atom. The molecule has 0 aliphatic heterocycles. The van der Waals surface area contributed by atoms with Crippen molar-refractivity contribution in [2.45, 2.75) is 50.1 Å². The summed E-state index contributed by atoms with van der Waals surface area (Å²) in [5.74, 6) is 0. The standard InChI is InChI=1S/C28H29F3N2O2S/c1-2-3-4-7-20-10-16-23(17-11-20)36(34,35)32-19-18-25-24-8-5-6-9-26(24)33-27(25)21-12-14-22(15-13-21)28(29,30)31/h5-6,8-17,32-33H,2-4,7,18-19H2,1H3. The van der Waals surface area contributed by atoms with Crippen LogP contribution in [0.5, 0.6) is 0 Å². The monoisotopic (exact) mass is 514 g/mol. The molecule has 0 aliphatic carbocycles. The molecule has 2 N–H and O–H groups in total. The van der Waals surface area contributed by atoms with Gasteiger partial charge in [0.1, 0.15) is 0 Å². The first-order valence-corrected chi connectivity index (χ1v) is 13.5. The van der Waals surface area contributed by atoms with E-state index >= 15 is 0 Å². The van der Waals surface area contributed by atoms with Crippen molar-refractivity contribution < 1.29 is 21.6 Å². The summed E-state index contributed by atoms with van der Waals surface area (Å²) in [6, 6.07) is 19.5. The molecule has 0 radical (unpaired) electrons. The van der Waals surface area contributed by atoms with Gasteiger partial charge in [-0.05, 0) is 66.3 Å². The first kappa shape index (κ1) is 26.0. The number of unbranched alkanes of at least 4 members (excludes halogenated alkanes) is 2. The summed E-state index contributed by atoms with van der Waals surface area (Å²) >= 11 is 0. The number of hydrogen-bond acceptors (Lipinski definition) is 2. The normalized spacial score (nSPS) is 12.3. The van der Waals surface area contributed by atoms with Crippen molar-refractivity contribution in [1.82, 2.24) is 9.71 Å². The van der Waals surface area contributed by atoms with Crippen LogP contribution < -0.4 is 4.72 Å². The average molecular weight is 515 g/mol. The van der Waals surface area contributed by atoms with Gasteiger partial charge in [-0.15, -0.1) is 0 Å². The van der Waals surface area contributed by atoms with Crippen LogP contribution in [0.25, 0.3) is 22.2 Å². The maximum Gasteiger partial charge on any atom is 0.416 e. The fourth-order valence-electron chi connectivity index (χ4n) is 4.34. The van der Waals surface area contributed by atoms with Gasteiger partial charge in [0.15, 0.2) is 0 Å². The van der Waals surface area contributed by atoms with Crippen LogP contribution in [0, 0.1) is 0 Å². The average Bonchev–Trinajstić information content (AvgIpc) is 3.23. The SMILES string of the molecule is CCCCCc1ccc(S(=O)(=O)NCCc2c(-c3ccc(C(F)(F)F)cc3)[nH]c3ccccc23)cc1. The van der Waals surface area contributed by atoms with Crippen LogP contribution in [0.3, 0.4) is 0 Å². The van der Waals surface area contributed by atoms with Crippen molar-refractivity contribution in [3.63, 3.8) is 0 Å². The van der Waals surface area contributed by atoms with Gasteiger partial charge in [-0.3, -0.25) is 0 Å². The predicted molar refractivity (Wildman–Crippen MR) is 137 cm³/mol. The molecule has 0 atom stereocenters. The highest BCUT2D eigenvalue weighted by Gasteiger charge is 2.30. The number of aromatic amines is 1. The molecule has 3 aromatic carbocycles. The summed E-state index contributed by atoms with van der Waals surface area (Å²) in [5, 5.41) is 0.906. The van der Waals surface area contributed by atoms with Crippen LogP contribution in [-0.4, -0.2) is 19.9 Å². The third-order valence-corrected chi connectivity index (χ3v) is 7.76. The van der Waals surface area contributed by atoms with Crippen molar-refractivity contribution in [3.05, 3.63) is 89.5 Å². The maximum atomic E-state index is 13.0. The first-order valence-electron chi connectivity index (χ1n) is 12.0. The Hall–Kier alpha value is -3.10. The van der Waals surface area contributed by atoms with Crippen LogP contribution in [0.15, 0.2) is 77.7 Å². The molecule has 4 nitrogen and oxygen atoms in total. The molecule has 0 amide bonds. The number of para-hydroxylation sites is 1. The predicted octanol–water partition coefficient (Wildman–Crippen LogP) is 7.11. The first-order chi connectivity index (χ1) is 17.2. The van der Waals surface area contributed by atoms with Crippen molar-refractivity contribution in [3.8, 4) is 11.3 Å². The molecular formula is C28H29F3N2O2S. The summed E-state index contributed by atoms with van der Waals surface area (Å²) in [7, 11) is -3.69. The number of aryl methyl sites for hydroxylation is 1. The van der Waals surface area contributed by atoms with E-state index in [1.807, 2.05) is 36.4 Å². The minimum Gasteiger partial charge on any atom is -0.354 e. The highest BCUT2D eigenvalue weighted by atomic mass is 32.2. The summed E-state index contributed by atoms with van der Waals surface area (Å²) in [6.07, 6.45) is 0.238. The van der Waals surface area contributed by atoms with E-state index in [2.05, 4.69) is 16.6 Å². The van der Waals surface area contributed by atoms with Crippen LogP contribution in [0.1, 0.15) is 42.9 Å². The molecule has 8 heteroatoms. The largest absolute Gasteiger partial charge is 0.416 e. The van der Waals surface area contributed by atoms with Gasteiger partial charge in [0.2, 0.25) is 10.0 Å². The van der Waals surface area contributed by atoms with Gasteiger partial charge in [0, 0.05) is 23.1 Å². The third-order valence-electron chi connectivity index (χ3n) is 6.28. The molecule has 4 aromatic rings. The number of nitrogens with one attached hydrogen (secondary N) is 2. The number of benzene rings is 3. The van der Waals surface area contributed by atoms with E-state index in [0.717, 1.165) is 59.8 Å². The summed E-state index contributed by atoms with van der Waals surface area (Å²) in [5.41, 5.74) is 3.37. The number of alkyl halides is 3. The number of fused-ring (bicyclic) bond motifs is 1. The van der Waals surface area contributed by atoms with Crippen LogP contribution in [0.4, 0.5) is 13.2 Å². The molecule has 36 heavy (non-hydrogen) atoms. The van der Waals surface area contributed by atoms with Gasteiger partial charge >= 0.3 is 6.18 Å². The number of rotatable bonds is 10. The lowest BCUT2D eigenvalue weighted by atomic mass is 10.0. The zero-order valence-electron chi connectivity index (χ0n) is 20.0. The fourth-order valence-corrected chi connectivity index (χ4v) is 5.37. The number of H-pyrrole nitrogens is 1. The minimum atomic E-state index is -4.41. The van der Waals surface area contributed by atoms with Gasteiger partial charge in [-0.1, -0.05) is 62.2 Å². The van der Waals surface area contributed by atoms with Crippen molar-refractivity contribution >= 4 is 20.9 Å². The topological polar surface area (TPSA) is 62.0 Å². The molecule has 190 valence electrons. The Morgan fingerprint density at radius 1 is 0.861 bits per heavy atom. The van der Waals surface area contributed by atoms with Gasteiger partial charge in [-0.2, -0.15) is 13.2 Å².